The van der Waals surface area contributed by atoms with Crippen LogP contribution in [-0.2, 0) is 25.4 Å². The standard InChI is InChI=1S/C25H33FN6O3/c1-28-16-19(14-27-28)30-8-10-31(11-9-30)24(33)18-6-4-17(5-7-18)15-32-22-13-23(35-3)20(26)12-21(22)29(2)25(32)34/h12-14,16-18H,4-11,15H2,1-3H3. The minimum absolute atomic E-state index is 0.0506. The van der Waals surface area contributed by atoms with Crippen LogP contribution in [0.5, 0.6) is 5.75 Å². The van der Waals surface area contributed by atoms with E-state index in [-0.39, 0.29) is 23.3 Å². The first-order chi connectivity index (χ1) is 16.9. The van der Waals surface area contributed by atoms with Crippen molar-refractivity contribution in [1.82, 2.24) is 23.8 Å². The summed E-state index contributed by atoms with van der Waals surface area (Å²) in [6, 6.07) is 2.96. The summed E-state index contributed by atoms with van der Waals surface area (Å²) in [6.07, 6.45) is 7.34. The molecule has 2 fully saturated rings. The molecule has 0 bridgehead atoms. The molecule has 1 saturated carbocycles. The van der Waals surface area contributed by atoms with E-state index in [0.29, 0.717) is 23.5 Å². The molecule has 0 radical (unpaired) electrons. The van der Waals surface area contributed by atoms with Crippen molar-refractivity contribution in [1.29, 1.82) is 0 Å². The number of aryl methyl sites for hydroxylation is 2. The molecular weight excluding hydrogens is 451 g/mol. The highest BCUT2D eigenvalue weighted by Crippen LogP contribution is 2.32. The van der Waals surface area contributed by atoms with Crippen LogP contribution in [-0.4, -0.2) is 63.0 Å². The molecule has 2 aliphatic rings. The molecule has 0 N–H and O–H groups in total. The van der Waals surface area contributed by atoms with Crippen LogP contribution in [0, 0.1) is 17.7 Å². The molecular formula is C25H33FN6O3. The number of ether oxygens (including phenoxy) is 1. The van der Waals surface area contributed by atoms with Gasteiger partial charge in [-0.25, -0.2) is 9.18 Å². The Morgan fingerprint density at radius 2 is 1.80 bits per heavy atom. The Balaban J connectivity index is 1.19. The van der Waals surface area contributed by atoms with Gasteiger partial charge >= 0.3 is 5.69 Å². The number of fused-ring (bicyclic) bond motifs is 1. The van der Waals surface area contributed by atoms with Gasteiger partial charge in [0.15, 0.2) is 11.6 Å². The van der Waals surface area contributed by atoms with Crippen molar-refractivity contribution < 1.29 is 13.9 Å². The first kappa shape index (κ1) is 23.4. The highest BCUT2D eigenvalue weighted by Gasteiger charge is 2.32. The van der Waals surface area contributed by atoms with Crippen LogP contribution in [0.3, 0.4) is 0 Å². The van der Waals surface area contributed by atoms with Gasteiger partial charge in [0.2, 0.25) is 5.91 Å². The van der Waals surface area contributed by atoms with Crippen molar-refractivity contribution in [2.45, 2.75) is 32.2 Å². The highest BCUT2D eigenvalue weighted by atomic mass is 19.1. The first-order valence-corrected chi connectivity index (χ1v) is 12.3. The number of benzene rings is 1. The van der Waals surface area contributed by atoms with Gasteiger partial charge in [-0.05, 0) is 31.6 Å². The molecule has 188 valence electrons. The van der Waals surface area contributed by atoms with E-state index in [1.807, 2.05) is 24.3 Å². The summed E-state index contributed by atoms with van der Waals surface area (Å²) < 4.78 is 24.3. The van der Waals surface area contributed by atoms with Gasteiger partial charge in [-0.1, -0.05) is 0 Å². The Bertz CT molecular complexity index is 1280. The highest BCUT2D eigenvalue weighted by molar-refractivity contribution is 5.79. The largest absolute Gasteiger partial charge is 0.494 e. The van der Waals surface area contributed by atoms with Gasteiger partial charge in [0.25, 0.3) is 0 Å². The van der Waals surface area contributed by atoms with Crippen LogP contribution < -0.4 is 15.3 Å². The van der Waals surface area contributed by atoms with E-state index in [1.54, 1.807) is 22.4 Å². The van der Waals surface area contributed by atoms with E-state index in [4.69, 9.17) is 4.74 Å². The lowest BCUT2D eigenvalue weighted by Crippen LogP contribution is -2.50. The Morgan fingerprint density at radius 3 is 2.43 bits per heavy atom. The van der Waals surface area contributed by atoms with Crippen LogP contribution >= 0.6 is 0 Å². The van der Waals surface area contributed by atoms with Crippen molar-refractivity contribution in [2.75, 3.05) is 38.2 Å². The number of hydrogen-bond acceptors (Lipinski definition) is 5. The predicted molar refractivity (Wildman–Crippen MR) is 131 cm³/mol. The molecule has 0 unspecified atom stereocenters. The lowest BCUT2D eigenvalue weighted by Gasteiger charge is -2.38. The molecule has 1 amide bonds. The summed E-state index contributed by atoms with van der Waals surface area (Å²) in [7, 11) is 5.00. The van der Waals surface area contributed by atoms with Gasteiger partial charge < -0.3 is 14.5 Å². The number of imidazole rings is 1. The topological polar surface area (TPSA) is 77.5 Å². The van der Waals surface area contributed by atoms with Crippen LogP contribution in [0.15, 0.2) is 29.3 Å². The molecule has 3 aromatic rings. The zero-order valence-corrected chi connectivity index (χ0v) is 20.6. The number of carbonyl (C=O) groups is 1. The summed E-state index contributed by atoms with van der Waals surface area (Å²) in [5, 5.41) is 4.24. The van der Waals surface area contributed by atoms with Crippen molar-refractivity contribution in [3.05, 3.63) is 40.8 Å². The summed E-state index contributed by atoms with van der Waals surface area (Å²) in [4.78, 5) is 30.3. The zero-order valence-electron chi connectivity index (χ0n) is 20.6. The van der Waals surface area contributed by atoms with E-state index in [1.165, 1.54) is 17.7 Å². The number of anilines is 1. The third kappa shape index (κ3) is 4.41. The van der Waals surface area contributed by atoms with E-state index >= 15 is 0 Å². The maximum absolute atomic E-state index is 14.2. The maximum atomic E-state index is 14.2. The second-order valence-corrected chi connectivity index (χ2v) is 9.83. The number of amides is 1. The van der Waals surface area contributed by atoms with Crippen LogP contribution in [0.2, 0.25) is 0 Å². The van der Waals surface area contributed by atoms with Gasteiger partial charge in [0, 0.05) is 71.1 Å². The van der Waals surface area contributed by atoms with Crippen LogP contribution in [0.4, 0.5) is 10.1 Å². The van der Waals surface area contributed by atoms with Gasteiger partial charge in [0.05, 0.1) is 30.0 Å². The number of methoxy groups -OCH3 is 1. The first-order valence-electron chi connectivity index (χ1n) is 12.3. The van der Waals surface area contributed by atoms with Gasteiger partial charge in [0.1, 0.15) is 0 Å². The molecule has 5 rings (SSSR count). The molecule has 1 saturated heterocycles. The number of hydrogen-bond donors (Lipinski definition) is 0. The monoisotopic (exact) mass is 484 g/mol. The van der Waals surface area contributed by atoms with E-state index in [2.05, 4.69) is 10.00 Å². The maximum Gasteiger partial charge on any atom is 0.328 e. The number of carbonyl (C=O) groups excluding carboxylic acids is 1. The second kappa shape index (κ2) is 9.39. The van der Waals surface area contributed by atoms with Crippen molar-refractivity contribution in [3.63, 3.8) is 0 Å². The van der Waals surface area contributed by atoms with Crippen molar-refractivity contribution in [2.24, 2.45) is 25.9 Å². The van der Waals surface area contributed by atoms with E-state index in [0.717, 1.165) is 57.5 Å². The van der Waals surface area contributed by atoms with E-state index in [9.17, 15) is 14.0 Å². The fourth-order valence-electron chi connectivity index (χ4n) is 5.60. The van der Waals surface area contributed by atoms with Crippen molar-refractivity contribution in [3.8, 4) is 5.75 Å². The molecule has 1 aromatic carbocycles. The molecule has 0 spiro atoms. The average molecular weight is 485 g/mol. The predicted octanol–water partition coefficient (Wildman–Crippen LogP) is 2.38. The average Bonchev–Trinajstić information content (AvgIpc) is 3.41. The molecule has 1 aliphatic carbocycles. The smallest absolute Gasteiger partial charge is 0.328 e. The molecule has 1 aliphatic heterocycles. The van der Waals surface area contributed by atoms with Gasteiger partial charge in [-0.15, -0.1) is 0 Å². The Hall–Kier alpha value is -3.30. The summed E-state index contributed by atoms with van der Waals surface area (Å²) in [6.45, 7) is 3.67. The number of nitrogens with zero attached hydrogens (tertiary/aromatic N) is 6. The van der Waals surface area contributed by atoms with Gasteiger partial charge in [-0.3, -0.25) is 18.6 Å². The van der Waals surface area contributed by atoms with Gasteiger partial charge in [-0.2, -0.15) is 5.10 Å². The summed E-state index contributed by atoms with van der Waals surface area (Å²) in [5.41, 5.74) is 2.18. The molecule has 2 aromatic heterocycles. The third-order valence-corrected chi connectivity index (χ3v) is 7.70. The Kier molecular flexibility index (Phi) is 6.29. The van der Waals surface area contributed by atoms with E-state index < -0.39 is 5.82 Å². The number of piperazine rings is 1. The summed E-state index contributed by atoms with van der Waals surface area (Å²) in [5.74, 6) is 0.273. The fraction of sp³-hybridized carbons (Fsp3) is 0.560. The molecule has 0 atom stereocenters. The molecule has 35 heavy (non-hydrogen) atoms. The van der Waals surface area contributed by atoms with Crippen LogP contribution in [0.1, 0.15) is 25.7 Å². The number of aromatic nitrogens is 4. The minimum Gasteiger partial charge on any atom is -0.494 e. The Labute approximate surface area is 203 Å². The van der Waals surface area contributed by atoms with Crippen LogP contribution in [0.25, 0.3) is 11.0 Å². The van der Waals surface area contributed by atoms with Crippen molar-refractivity contribution >= 4 is 22.6 Å². The minimum atomic E-state index is -0.479. The molecule has 9 nitrogen and oxygen atoms in total. The Morgan fingerprint density at radius 1 is 1.09 bits per heavy atom. The molecule has 3 heterocycles. The molecule has 10 heteroatoms. The zero-order chi connectivity index (χ0) is 24.7. The normalized spacial score (nSPS) is 21.0. The fourth-order valence-corrected chi connectivity index (χ4v) is 5.60. The number of rotatable bonds is 5. The lowest BCUT2D eigenvalue weighted by molar-refractivity contribution is -0.137. The second-order valence-electron chi connectivity index (χ2n) is 9.83. The summed E-state index contributed by atoms with van der Waals surface area (Å²) >= 11 is 0. The lowest BCUT2D eigenvalue weighted by atomic mass is 9.81. The quantitative estimate of drug-likeness (QED) is 0.556. The SMILES string of the molecule is COc1cc2c(cc1F)n(C)c(=O)n2CC1CCC(C(=O)N2CCN(c3cnn(C)c3)CC2)CC1. The number of halogens is 1. The third-order valence-electron chi connectivity index (χ3n) is 7.70.